The van der Waals surface area contributed by atoms with Crippen LogP contribution in [0.25, 0.3) is 0 Å². The van der Waals surface area contributed by atoms with Crippen LogP contribution < -0.4 is 11.5 Å². The van der Waals surface area contributed by atoms with Crippen molar-refractivity contribution in [2.75, 3.05) is 18.8 Å². The molecule has 0 radical (unpaired) electrons. The number of hydrogen-bond donors (Lipinski definition) is 2. The first kappa shape index (κ1) is 17.2. The molecule has 1 unspecified atom stereocenters. The lowest BCUT2D eigenvalue weighted by atomic mass is 10.0. The Kier molecular flexibility index (Phi) is 5.92. The molecule has 1 aliphatic rings. The van der Waals surface area contributed by atoms with E-state index in [0.717, 1.165) is 19.3 Å². The van der Waals surface area contributed by atoms with Gasteiger partial charge in [0.05, 0.1) is 4.92 Å². The number of piperidine rings is 1. The molecule has 0 spiro atoms. The van der Waals surface area contributed by atoms with Gasteiger partial charge in [-0.25, -0.2) is 0 Å². The fourth-order valence-electron chi connectivity index (χ4n) is 2.51. The van der Waals surface area contributed by atoms with Crippen LogP contribution in [0, 0.1) is 10.1 Å². The summed E-state index contributed by atoms with van der Waals surface area (Å²) in [6.45, 7) is 1.04. The molecule has 0 saturated carbocycles. The molecule has 0 aliphatic carbocycles. The smallest absolute Gasteiger partial charge is 0.292 e. The molecule has 7 nitrogen and oxygen atoms in total. The number of amides is 1. The molecule has 2 rings (SSSR count). The zero-order valence-electron chi connectivity index (χ0n) is 11.5. The van der Waals surface area contributed by atoms with Gasteiger partial charge in [0.25, 0.3) is 11.6 Å². The minimum atomic E-state index is -0.581. The second-order valence-corrected chi connectivity index (χ2v) is 4.91. The molecule has 1 aliphatic heterocycles. The van der Waals surface area contributed by atoms with Gasteiger partial charge in [-0.2, -0.15) is 0 Å². The van der Waals surface area contributed by atoms with Crippen molar-refractivity contribution in [3.63, 3.8) is 0 Å². The molecule has 1 saturated heterocycles. The third-order valence-electron chi connectivity index (χ3n) is 3.63. The molecule has 8 heteroatoms. The Balaban J connectivity index is 0.00000220. The highest BCUT2D eigenvalue weighted by Crippen LogP contribution is 2.25. The Bertz CT molecular complexity index is 538. The van der Waals surface area contributed by atoms with Crippen LogP contribution in [-0.2, 0) is 0 Å². The molecule has 1 heterocycles. The van der Waals surface area contributed by atoms with Crippen LogP contribution in [0.3, 0.4) is 0 Å². The van der Waals surface area contributed by atoms with E-state index in [4.69, 9.17) is 11.5 Å². The Labute approximate surface area is 128 Å². The number of nitrogens with zero attached hydrogens (tertiary/aromatic N) is 2. The third-order valence-corrected chi connectivity index (χ3v) is 3.63. The molecule has 0 bridgehead atoms. The standard InChI is InChI=1S/C13H18N4O3.ClH/c14-8-10-3-1-2-6-16(10)13(18)9-4-5-11(15)12(7-9)17(19)20;/h4-5,7,10H,1-3,6,8,14-15H2;1H. The average Bonchev–Trinajstić information content (AvgIpc) is 2.46. The van der Waals surface area contributed by atoms with Crippen molar-refractivity contribution in [3.8, 4) is 0 Å². The van der Waals surface area contributed by atoms with Crippen molar-refractivity contribution in [2.45, 2.75) is 25.3 Å². The maximum atomic E-state index is 12.5. The number of nitro groups is 1. The minimum absolute atomic E-state index is 0. The van der Waals surface area contributed by atoms with Crippen LogP contribution in [0.4, 0.5) is 11.4 Å². The molecule has 0 aromatic heterocycles. The highest BCUT2D eigenvalue weighted by molar-refractivity contribution is 5.96. The fraction of sp³-hybridized carbons (Fsp3) is 0.462. The van der Waals surface area contributed by atoms with E-state index < -0.39 is 4.92 Å². The number of hydrogen-bond acceptors (Lipinski definition) is 5. The second-order valence-electron chi connectivity index (χ2n) is 4.91. The van der Waals surface area contributed by atoms with Crippen LogP contribution in [0.15, 0.2) is 18.2 Å². The lowest BCUT2D eigenvalue weighted by Gasteiger charge is -2.35. The largest absolute Gasteiger partial charge is 0.393 e. The van der Waals surface area contributed by atoms with E-state index in [0.29, 0.717) is 13.1 Å². The normalized spacial score (nSPS) is 18.0. The van der Waals surface area contributed by atoms with Crippen LogP contribution in [0.2, 0.25) is 0 Å². The number of nitrogen functional groups attached to an aromatic ring is 1. The molecule has 1 aromatic carbocycles. The molecule has 1 amide bonds. The molecule has 21 heavy (non-hydrogen) atoms. The summed E-state index contributed by atoms with van der Waals surface area (Å²) < 4.78 is 0. The minimum Gasteiger partial charge on any atom is -0.393 e. The van der Waals surface area contributed by atoms with Crippen molar-refractivity contribution in [3.05, 3.63) is 33.9 Å². The van der Waals surface area contributed by atoms with E-state index in [9.17, 15) is 14.9 Å². The number of likely N-dealkylation sites (tertiary alicyclic amines) is 1. The van der Waals surface area contributed by atoms with Gasteiger partial charge in [0.15, 0.2) is 0 Å². The van der Waals surface area contributed by atoms with E-state index in [1.807, 2.05) is 0 Å². The van der Waals surface area contributed by atoms with Crippen LogP contribution in [-0.4, -0.2) is 34.9 Å². The quantitative estimate of drug-likeness (QED) is 0.499. The Morgan fingerprint density at radius 3 is 2.76 bits per heavy atom. The summed E-state index contributed by atoms with van der Waals surface area (Å²) in [5.41, 5.74) is 11.3. The van der Waals surface area contributed by atoms with Crippen LogP contribution in [0.1, 0.15) is 29.6 Å². The van der Waals surface area contributed by atoms with E-state index in [1.54, 1.807) is 4.90 Å². The molecular weight excluding hydrogens is 296 g/mol. The first-order valence-corrected chi connectivity index (χ1v) is 6.59. The van der Waals surface area contributed by atoms with Gasteiger partial charge in [-0.05, 0) is 31.4 Å². The van der Waals surface area contributed by atoms with Gasteiger partial charge >= 0.3 is 0 Å². The summed E-state index contributed by atoms with van der Waals surface area (Å²) in [5.74, 6) is -0.219. The van der Waals surface area contributed by atoms with Gasteiger partial charge in [0, 0.05) is 30.8 Å². The van der Waals surface area contributed by atoms with Crippen molar-refractivity contribution in [1.82, 2.24) is 4.90 Å². The number of nitro benzene ring substituents is 1. The maximum absolute atomic E-state index is 12.5. The predicted molar refractivity (Wildman–Crippen MR) is 82.5 cm³/mol. The number of benzene rings is 1. The number of rotatable bonds is 3. The van der Waals surface area contributed by atoms with Crippen molar-refractivity contribution in [1.29, 1.82) is 0 Å². The van der Waals surface area contributed by atoms with E-state index in [-0.39, 0.29) is 41.3 Å². The average molecular weight is 315 g/mol. The summed E-state index contributed by atoms with van der Waals surface area (Å²) in [6, 6.07) is 4.16. The number of nitrogens with two attached hydrogens (primary N) is 2. The molecule has 1 atom stereocenters. The Morgan fingerprint density at radius 2 is 2.14 bits per heavy atom. The monoisotopic (exact) mass is 314 g/mol. The second kappa shape index (κ2) is 7.24. The highest BCUT2D eigenvalue weighted by atomic mass is 35.5. The topological polar surface area (TPSA) is 115 Å². The lowest BCUT2D eigenvalue weighted by molar-refractivity contribution is -0.383. The van der Waals surface area contributed by atoms with Crippen LogP contribution >= 0.6 is 12.4 Å². The number of carbonyl (C=O) groups is 1. The Hall–Kier alpha value is -1.86. The summed E-state index contributed by atoms with van der Waals surface area (Å²) in [4.78, 5) is 24.5. The van der Waals surface area contributed by atoms with E-state index in [1.165, 1.54) is 18.2 Å². The van der Waals surface area contributed by atoms with Crippen molar-refractivity contribution in [2.24, 2.45) is 5.73 Å². The summed E-state index contributed by atoms with van der Waals surface area (Å²) in [7, 11) is 0. The first-order chi connectivity index (χ1) is 9.54. The lowest BCUT2D eigenvalue weighted by Crippen LogP contribution is -2.47. The molecule has 4 N–H and O–H groups in total. The summed E-state index contributed by atoms with van der Waals surface area (Å²) in [6.07, 6.45) is 2.85. The molecular formula is C13H19ClN4O3. The SMILES string of the molecule is Cl.NCC1CCCCN1C(=O)c1ccc(N)c([N+](=O)[O-])c1. The van der Waals surface area contributed by atoms with Crippen LogP contribution in [0.5, 0.6) is 0 Å². The van der Waals surface area contributed by atoms with Gasteiger partial charge in [0.1, 0.15) is 5.69 Å². The van der Waals surface area contributed by atoms with Crippen molar-refractivity contribution < 1.29 is 9.72 Å². The fourth-order valence-corrected chi connectivity index (χ4v) is 2.51. The molecule has 1 aromatic rings. The zero-order valence-corrected chi connectivity index (χ0v) is 12.3. The summed E-state index contributed by atoms with van der Waals surface area (Å²) in [5, 5.41) is 10.9. The molecule has 1 fully saturated rings. The third kappa shape index (κ3) is 3.62. The van der Waals surface area contributed by atoms with E-state index >= 15 is 0 Å². The van der Waals surface area contributed by atoms with Gasteiger partial charge < -0.3 is 16.4 Å². The maximum Gasteiger partial charge on any atom is 0.292 e. The van der Waals surface area contributed by atoms with Gasteiger partial charge in [-0.1, -0.05) is 0 Å². The zero-order chi connectivity index (χ0) is 14.7. The number of carbonyl (C=O) groups excluding carboxylic acids is 1. The van der Waals surface area contributed by atoms with Gasteiger partial charge in [-0.15, -0.1) is 12.4 Å². The van der Waals surface area contributed by atoms with Crippen molar-refractivity contribution >= 4 is 29.7 Å². The predicted octanol–water partition coefficient (Wildman–Crippen LogP) is 1.55. The van der Waals surface area contributed by atoms with Gasteiger partial charge in [-0.3, -0.25) is 14.9 Å². The first-order valence-electron chi connectivity index (χ1n) is 6.59. The van der Waals surface area contributed by atoms with Gasteiger partial charge in [0.2, 0.25) is 0 Å². The number of anilines is 1. The summed E-state index contributed by atoms with van der Waals surface area (Å²) >= 11 is 0. The molecule has 116 valence electrons. The van der Waals surface area contributed by atoms with E-state index in [2.05, 4.69) is 0 Å². The highest BCUT2D eigenvalue weighted by Gasteiger charge is 2.27. The number of halogens is 1. The Morgan fingerprint density at radius 1 is 1.43 bits per heavy atom.